The monoisotopic (exact) mass is 323 g/mol. The highest BCUT2D eigenvalue weighted by Crippen LogP contribution is 2.19. The Labute approximate surface area is 124 Å². The molecule has 1 aliphatic carbocycles. The predicted molar refractivity (Wildman–Crippen MR) is 82.5 cm³/mol. The zero-order valence-electron chi connectivity index (χ0n) is 11.5. The van der Waals surface area contributed by atoms with Gasteiger partial charge in [0.15, 0.2) is 0 Å². The van der Waals surface area contributed by atoms with Crippen LogP contribution in [0.4, 0.5) is 0 Å². The van der Waals surface area contributed by atoms with Gasteiger partial charge in [-0.3, -0.25) is 4.79 Å². The molecule has 1 saturated carbocycles. The van der Waals surface area contributed by atoms with Crippen LogP contribution in [0.25, 0.3) is 0 Å². The minimum Gasteiger partial charge on any atom is -0.349 e. The number of nitrogens with one attached hydrogen (secondary N) is 1. The molecule has 2 rings (SSSR count). The second-order valence-corrected chi connectivity index (χ2v) is 6.39. The highest BCUT2D eigenvalue weighted by molar-refractivity contribution is 9.10. The van der Waals surface area contributed by atoms with Crippen LogP contribution in [-0.2, 0) is 0 Å². The molecule has 0 aromatic heterocycles. The number of hydrogen-bond donors (Lipinski definition) is 1. The lowest BCUT2D eigenvalue weighted by Gasteiger charge is -2.21. The van der Waals surface area contributed by atoms with Crippen molar-refractivity contribution >= 4 is 21.8 Å². The maximum atomic E-state index is 12.4. The Morgan fingerprint density at radius 1 is 1.16 bits per heavy atom. The number of rotatable bonds is 2. The van der Waals surface area contributed by atoms with Crippen molar-refractivity contribution in [3.05, 3.63) is 33.8 Å². The summed E-state index contributed by atoms with van der Waals surface area (Å²) in [6, 6.07) is 6.22. The van der Waals surface area contributed by atoms with E-state index in [4.69, 9.17) is 0 Å². The smallest absolute Gasteiger partial charge is 0.251 e. The second-order valence-electron chi connectivity index (χ2n) is 5.47. The quantitative estimate of drug-likeness (QED) is 0.846. The number of hydrogen-bond acceptors (Lipinski definition) is 1. The molecule has 2 nitrogen and oxygen atoms in total. The van der Waals surface area contributed by atoms with Gasteiger partial charge < -0.3 is 5.32 Å². The number of aryl methyl sites for hydroxylation is 1. The van der Waals surface area contributed by atoms with Crippen molar-refractivity contribution in [1.29, 1.82) is 0 Å². The number of carbonyl (C=O) groups is 1. The van der Waals surface area contributed by atoms with E-state index in [-0.39, 0.29) is 5.91 Å². The van der Waals surface area contributed by atoms with Crippen LogP contribution in [0.1, 0.15) is 60.9 Å². The summed E-state index contributed by atoms with van der Waals surface area (Å²) in [5.74, 6) is 0.0735. The molecule has 0 heterocycles. The fourth-order valence-electron chi connectivity index (χ4n) is 2.70. The normalized spacial score (nSPS) is 17.6. The van der Waals surface area contributed by atoms with Gasteiger partial charge in [-0.25, -0.2) is 0 Å². The van der Waals surface area contributed by atoms with Gasteiger partial charge in [0.25, 0.3) is 5.91 Å². The molecule has 1 aromatic rings. The first-order valence-electron chi connectivity index (χ1n) is 7.24. The molecule has 0 unspecified atom stereocenters. The van der Waals surface area contributed by atoms with E-state index in [0.717, 1.165) is 28.4 Å². The molecule has 1 amide bonds. The predicted octanol–water partition coefficient (Wildman–Crippen LogP) is 4.60. The Bertz CT molecular complexity index is 436. The molecule has 0 atom stereocenters. The first-order chi connectivity index (χ1) is 9.16. The fourth-order valence-corrected chi connectivity index (χ4v) is 3.06. The molecule has 0 radical (unpaired) electrons. The van der Waals surface area contributed by atoms with E-state index in [9.17, 15) is 4.79 Å². The Balaban J connectivity index is 2.00. The Morgan fingerprint density at radius 3 is 2.47 bits per heavy atom. The van der Waals surface area contributed by atoms with E-state index >= 15 is 0 Å². The summed E-state index contributed by atoms with van der Waals surface area (Å²) < 4.78 is 0.959. The molecule has 0 aliphatic heterocycles. The first kappa shape index (κ1) is 14.6. The first-order valence-corrected chi connectivity index (χ1v) is 8.03. The lowest BCUT2D eigenvalue weighted by Crippen LogP contribution is -2.35. The van der Waals surface area contributed by atoms with Gasteiger partial charge in [-0.05, 0) is 37.5 Å². The van der Waals surface area contributed by atoms with Crippen molar-refractivity contribution in [2.45, 2.75) is 57.9 Å². The summed E-state index contributed by atoms with van der Waals surface area (Å²) >= 11 is 3.43. The average molecular weight is 324 g/mol. The highest BCUT2D eigenvalue weighted by Gasteiger charge is 2.16. The van der Waals surface area contributed by atoms with Crippen LogP contribution in [-0.4, -0.2) is 11.9 Å². The minimum absolute atomic E-state index is 0.0735. The van der Waals surface area contributed by atoms with Crippen LogP contribution in [0.5, 0.6) is 0 Å². The van der Waals surface area contributed by atoms with Gasteiger partial charge in [0, 0.05) is 16.1 Å². The van der Waals surface area contributed by atoms with Gasteiger partial charge in [0.05, 0.1) is 0 Å². The summed E-state index contributed by atoms with van der Waals surface area (Å²) in [5, 5.41) is 3.21. The van der Waals surface area contributed by atoms with E-state index < -0.39 is 0 Å². The molecular weight excluding hydrogens is 302 g/mol. The lowest BCUT2D eigenvalue weighted by atomic mass is 9.96. The van der Waals surface area contributed by atoms with Gasteiger partial charge >= 0.3 is 0 Å². The van der Waals surface area contributed by atoms with Crippen LogP contribution in [0.15, 0.2) is 22.7 Å². The SMILES string of the molecule is Cc1ccc(Br)cc1C(=O)NC1CCCCCCC1. The largest absolute Gasteiger partial charge is 0.349 e. The third-order valence-electron chi connectivity index (χ3n) is 3.88. The topological polar surface area (TPSA) is 29.1 Å². The van der Waals surface area contributed by atoms with Gasteiger partial charge in [-0.1, -0.05) is 54.1 Å². The van der Waals surface area contributed by atoms with Crippen molar-refractivity contribution in [2.75, 3.05) is 0 Å². The average Bonchev–Trinajstić information content (AvgIpc) is 2.35. The number of amides is 1. The van der Waals surface area contributed by atoms with Gasteiger partial charge in [0.2, 0.25) is 0 Å². The van der Waals surface area contributed by atoms with Crippen molar-refractivity contribution in [1.82, 2.24) is 5.32 Å². The minimum atomic E-state index is 0.0735. The van der Waals surface area contributed by atoms with Crippen LogP contribution < -0.4 is 5.32 Å². The molecule has 19 heavy (non-hydrogen) atoms. The maximum absolute atomic E-state index is 12.4. The molecule has 0 spiro atoms. The summed E-state index contributed by atoms with van der Waals surface area (Å²) in [6.45, 7) is 1.99. The van der Waals surface area contributed by atoms with E-state index in [1.165, 1.54) is 32.1 Å². The van der Waals surface area contributed by atoms with Gasteiger partial charge in [-0.15, -0.1) is 0 Å². The van der Waals surface area contributed by atoms with E-state index in [0.29, 0.717) is 6.04 Å². The van der Waals surface area contributed by atoms with E-state index in [1.807, 2.05) is 25.1 Å². The lowest BCUT2D eigenvalue weighted by molar-refractivity contribution is 0.0930. The Morgan fingerprint density at radius 2 is 1.79 bits per heavy atom. The van der Waals surface area contributed by atoms with Gasteiger partial charge in [-0.2, -0.15) is 0 Å². The highest BCUT2D eigenvalue weighted by atomic mass is 79.9. The molecule has 1 aromatic carbocycles. The second kappa shape index (κ2) is 7.09. The van der Waals surface area contributed by atoms with E-state index in [2.05, 4.69) is 21.2 Å². The van der Waals surface area contributed by atoms with Gasteiger partial charge in [0.1, 0.15) is 0 Å². The van der Waals surface area contributed by atoms with Crippen molar-refractivity contribution in [3.63, 3.8) is 0 Å². The summed E-state index contributed by atoms with van der Waals surface area (Å²) in [4.78, 5) is 12.4. The molecular formula is C16H22BrNO. The summed E-state index contributed by atoms with van der Waals surface area (Å²) in [5.41, 5.74) is 1.82. The third-order valence-corrected chi connectivity index (χ3v) is 4.38. The Hall–Kier alpha value is -0.830. The number of carbonyl (C=O) groups excluding carboxylic acids is 1. The molecule has 0 saturated heterocycles. The summed E-state index contributed by atoms with van der Waals surface area (Å²) in [6.07, 6.45) is 8.69. The fraction of sp³-hybridized carbons (Fsp3) is 0.562. The maximum Gasteiger partial charge on any atom is 0.251 e. The zero-order chi connectivity index (χ0) is 13.7. The van der Waals surface area contributed by atoms with E-state index in [1.54, 1.807) is 0 Å². The molecule has 1 aliphatic rings. The molecule has 1 fully saturated rings. The van der Waals surface area contributed by atoms with Crippen LogP contribution >= 0.6 is 15.9 Å². The molecule has 0 bridgehead atoms. The third kappa shape index (κ3) is 4.34. The number of benzene rings is 1. The van der Waals surface area contributed by atoms with Crippen LogP contribution in [0.2, 0.25) is 0 Å². The zero-order valence-corrected chi connectivity index (χ0v) is 13.1. The number of halogens is 1. The Kier molecular flexibility index (Phi) is 5.44. The van der Waals surface area contributed by atoms with Crippen LogP contribution in [0.3, 0.4) is 0 Å². The van der Waals surface area contributed by atoms with Crippen molar-refractivity contribution < 1.29 is 4.79 Å². The van der Waals surface area contributed by atoms with Crippen LogP contribution in [0, 0.1) is 6.92 Å². The van der Waals surface area contributed by atoms with Crippen molar-refractivity contribution in [3.8, 4) is 0 Å². The standard InChI is InChI=1S/C16H22BrNO/c1-12-9-10-13(17)11-15(12)16(19)18-14-7-5-3-2-4-6-8-14/h9-11,14H,2-8H2,1H3,(H,18,19). The molecule has 104 valence electrons. The van der Waals surface area contributed by atoms with Crippen molar-refractivity contribution in [2.24, 2.45) is 0 Å². The summed E-state index contributed by atoms with van der Waals surface area (Å²) in [7, 11) is 0. The molecule has 3 heteroatoms. The molecule has 1 N–H and O–H groups in total.